The molecule has 0 aliphatic rings. The van der Waals surface area contributed by atoms with Crippen molar-refractivity contribution in [3.8, 4) is 0 Å². The number of carbonyl (C=O) groups is 1. The third kappa shape index (κ3) is 3.42. The second-order valence-corrected chi connectivity index (χ2v) is 5.62. The molecule has 0 fully saturated rings. The fraction of sp³-hybridized carbons (Fsp3) is 0.375. The van der Waals surface area contributed by atoms with Crippen LogP contribution in [0.3, 0.4) is 0 Å². The second kappa shape index (κ2) is 5.99. The van der Waals surface area contributed by atoms with Crippen molar-refractivity contribution in [2.24, 2.45) is 12.8 Å². The van der Waals surface area contributed by atoms with Crippen LogP contribution in [0.5, 0.6) is 0 Å². The van der Waals surface area contributed by atoms with E-state index in [1.54, 1.807) is 6.07 Å². The second-order valence-electron chi connectivity index (χ2n) is 5.62. The smallest absolute Gasteiger partial charge is 0.248 e. The molecule has 21 heavy (non-hydrogen) atoms. The number of anilines is 1. The number of benzene rings is 1. The Bertz CT molecular complexity index is 658. The number of hydrogen-bond donors (Lipinski definition) is 2. The van der Waals surface area contributed by atoms with Gasteiger partial charge in [-0.15, -0.1) is 0 Å². The first-order valence-electron chi connectivity index (χ1n) is 7.05. The molecule has 0 bridgehead atoms. The van der Waals surface area contributed by atoms with E-state index in [0.29, 0.717) is 18.0 Å². The van der Waals surface area contributed by atoms with E-state index in [2.05, 4.69) is 24.3 Å². The Balaban J connectivity index is 2.13. The zero-order valence-corrected chi connectivity index (χ0v) is 13.0. The van der Waals surface area contributed by atoms with Gasteiger partial charge in [0.2, 0.25) is 5.91 Å². The van der Waals surface area contributed by atoms with E-state index >= 15 is 0 Å². The normalized spacial score (nSPS) is 10.9. The monoisotopic (exact) mass is 286 g/mol. The molecule has 0 atom stereocenters. The largest absolute Gasteiger partial charge is 0.381 e. The fourth-order valence-electron chi connectivity index (χ4n) is 2.42. The van der Waals surface area contributed by atoms with Crippen molar-refractivity contribution in [1.82, 2.24) is 9.78 Å². The summed E-state index contributed by atoms with van der Waals surface area (Å²) in [5, 5.41) is 7.86. The summed E-state index contributed by atoms with van der Waals surface area (Å²) in [5.41, 5.74) is 10.0. The van der Waals surface area contributed by atoms with Crippen molar-refractivity contribution in [2.75, 3.05) is 5.32 Å². The third-order valence-electron chi connectivity index (χ3n) is 3.46. The summed E-state index contributed by atoms with van der Waals surface area (Å²) in [5.74, 6) is -0.00428. The molecule has 0 saturated carbocycles. The van der Waals surface area contributed by atoms with E-state index in [-0.39, 0.29) is 0 Å². The fourth-order valence-corrected chi connectivity index (χ4v) is 2.42. The van der Waals surface area contributed by atoms with Gasteiger partial charge in [-0.25, -0.2) is 0 Å². The molecule has 0 saturated heterocycles. The molecule has 0 spiro atoms. The number of primary amides is 1. The number of nitrogens with one attached hydrogen (secondary N) is 1. The maximum Gasteiger partial charge on any atom is 0.248 e. The van der Waals surface area contributed by atoms with Gasteiger partial charge in [0, 0.05) is 36.6 Å². The van der Waals surface area contributed by atoms with Crippen LogP contribution in [0.1, 0.15) is 46.9 Å². The highest BCUT2D eigenvalue weighted by Crippen LogP contribution is 2.20. The molecule has 0 aliphatic carbocycles. The molecule has 2 rings (SSSR count). The van der Waals surface area contributed by atoms with E-state index in [4.69, 9.17) is 5.73 Å². The van der Waals surface area contributed by atoms with Gasteiger partial charge >= 0.3 is 0 Å². The first kappa shape index (κ1) is 15.1. The summed E-state index contributed by atoms with van der Waals surface area (Å²) in [6, 6.07) is 5.57. The molecule has 3 N–H and O–H groups in total. The van der Waals surface area contributed by atoms with E-state index in [0.717, 1.165) is 16.9 Å². The Hall–Kier alpha value is -2.30. The Labute approximate surface area is 125 Å². The number of amides is 1. The molecule has 5 heteroatoms. The number of rotatable bonds is 5. The van der Waals surface area contributed by atoms with Crippen LogP contribution in [-0.2, 0) is 13.6 Å². The van der Waals surface area contributed by atoms with Crippen molar-refractivity contribution in [3.05, 3.63) is 46.8 Å². The van der Waals surface area contributed by atoms with Gasteiger partial charge in [-0.05, 0) is 36.6 Å². The summed E-state index contributed by atoms with van der Waals surface area (Å²) in [6.45, 7) is 6.86. The van der Waals surface area contributed by atoms with Crippen LogP contribution in [0.4, 0.5) is 5.69 Å². The van der Waals surface area contributed by atoms with Gasteiger partial charge < -0.3 is 11.1 Å². The molecule has 1 aromatic heterocycles. The van der Waals surface area contributed by atoms with Crippen molar-refractivity contribution < 1.29 is 4.79 Å². The van der Waals surface area contributed by atoms with Crippen molar-refractivity contribution in [2.45, 2.75) is 33.2 Å². The Morgan fingerprint density at radius 1 is 1.43 bits per heavy atom. The number of aryl methyl sites for hydroxylation is 2. The van der Waals surface area contributed by atoms with Gasteiger partial charge in [-0.1, -0.05) is 13.8 Å². The highest BCUT2D eigenvalue weighted by Gasteiger charge is 2.11. The van der Waals surface area contributed by atoms with Crippen LogP contribution in [-0.4, -0.2) is 15.7 Å². The van der Waals surface area contributed by atoms with Crippen molar-refractivity contribution >= 4 is 11.6 Å². The first-order chi connectivity index (χ1) is 9.88. The molecule has 1 heterocycles. The zero-order valence-electron chi connectivity index (χ0n) is 13.0. The Morgan fingerprint density at radius 2 is 2.14 bits per heavy atom. The lowest BCUT2D eigenvalue weighted by Crippen LogP contribution is -2.12. The number of aromatic nitrogens is 2. The topological polar surface area (TPSA) is 72.9 Å². The van der Waals surface area contributed by atoms with Crippen LogP contribution in [0.25, 0.3) is 0 Å². The van der Waals surface area contributed by atoms with Crippen LogP contribution < -0.4 is 11.1 Å². The van der Waals surface area contributed by atoms with Gasteiger partial charge in [0.05, 0.1) is 5.69 Å². The lowest BCUT2D eigenvalue weighted by molar-refractivity contribution is 0.1000. The Kier molecular flexibility index (Phi) is 4.31. The summed E-state index contributed by atoms with van der Waals surface area (Å²) < 4.78 is 1.84. The lowest BCUT2D eigenvalue weighted by Gasteiger charge is -2.10. The van der Waals surface area contributed by atoms with E-state index in [1.807, 2.05) is 37.0 Å². The lowest BCUT2D eigenvalue weighted by atomic mass is 10.1. The molecule has 0 radical (unpaired) electrons. The van der Waals surface area contributed by atoms with Crippen LogP contribution in [0, 0.1) is 6.92 Å². The highest BCUT2D eigenvalue weighted by molar-refractivity contribution is 5.94. The molecule has 1 aromatic carbocycles. The molecule has 5 nitrogen and oxygen atoms in total. The number of nitrogens with two attached hydrogens (primary N) is 1. The van der Waals surface area contributed by atoms with Crippen molar-refractivity contribution in [3.63, 3.8) is 0 Å². The minimum absolute atomic E-state index is 0.391. The zero-order chi connectivity index (χ0) is 15.6. The average molecular weight is 286 g/mol. The maximum atomic E-state index is 11.2. The van der Waals surface area contributed by atoms with Gasteiger partial charge in [0.1, 0.15) is 0 Å². The third-order valence-corrected chi connectivity index (χ3v) is 3.46. The molecule has 112 valence electrons. The summed E-state index contributed by atoms with van der Waals surface area (Å²) in [6.07, 6.45) is 2.03. The molecule has 1 amide bonds. The molecule has 0 aliphatic heterocycles. The molecule has 2 aromatic rings. The van der Waals surface area contributed by atoms with Gasteiger partial charge in [-0.3, -0.25) is 9.48 Å². The minimum Gasteiger partial charge on any atom is -0.381 e. The summed E-state index contributed by atoms with van der Waals surface area (Å²) in [4.78, 5) is 11.2. The quantitative estimate of drug-likeness (QED) is 0.887. The predicted molar refractivity (Wildman–Crippen MR) is 84.3 cm³/mol. The number of carbonyl (C=O) groups excluding carboxylic acids is 1. The van der Waals surface area contributed by atoms with Crippen LogP contribution >= 0.6 is 0 Å². The van der Waals surface area contributed by atoms with E-state index < -0.39 is 5.91 Å². The molecular formula is C16H22N4O. The number of hydrogen-bond acceptors (Lipinski definition) is 3. The number of nitrogens with zero attached hydrogens (tertiary/aromatic N) is 2. The predicted octanol–water partition coefficient (Wildman–Crippen LogP) is 2.56. The van der Waals surface area contributed by atoms with E-state index in [9.17, 15) is 4.79 Å². The first-order valence-corrected chi connectivity index (χ1v) is 7.05. The Morgan fingerprint density at radius 3 is 2.71 bits per heavy atom. The molecule has 0 unspecified atom stereocenters. The summed E-state index contributed by atoms with van der Waals surface area (Å²) in [7, 11) is 1.93. The summed E-state index contributed by atoms with van der Waals surface area (Å²) >= 11 is 0. The standard InChI is InChI=1S/C16H22N4O/c1-10(2)15-12(9-20(4)19-15)8-18-13-5-6-14(16(17)21)11(3)7-13/h5-7,9-10,18H,8H2,1-4H3,(H2,17,21). The van der Waals surface area contributed by atoms with Gasteiger partial charge in [0.15, 0.2) is 0 Å². The maximum absolute atomic E-state index is 11.2. The SMILES string of the molecule is Cc1cc(NCc2cn(C)nc2C(C)C)ccc1C(N)=O. The van der Waals surface area contributed by atoms with Crippen LogP contribution in [0.15, 0.2) is 24.4 Å². The van der Waals surface area contributed by atoms with Gasteiger partial charge in [-0.2, -0.15) is 5.10 Å². The minimum atomic E-state index is -0.395. The van der Waals surface area contributed by atoms with Gasteiger partial charge in [0.25, 0.3) is 0 Å². The highest BCUT2D eigenvalue weighted by atomic mass is 16.1. The van der Waals surface area contributed by atoms with Crippen molar-refractivity contribution in [1.29, 1.82) is 0 Å². The average Bonchev–Trinajstić information content (AvgIpc) is 2.77. The van der Waals surface area contributed by atoms with E-state index in [1.165, 1.54) is 5.56 Å². The van der Waals surface area contributed by atoms with Crippen LogP contribution in [0.2, 0.25) is 0 Å². The molecular weight excluding hydrogens is 264 g/mol.